The van der Waals surface area contributed by atoms with Crippen molar-refractivity contribution in [3.05, 3.63) is 28.8 Å². The third-order valence-corrected chi connectivity index (χ3v) is 2.95. The van der Waals surface area contributed by atoms with Gasteiger partial charge in [-0.3, -0.25) is 4.79 Å². The fourth-order valence-corrected chi connectivity index (χ4v) is 1.98. The van der Waals surface area contributed by atoms with Gasteiger partial charge in [-0.15, -0.1) is 0 Å². The summed E-state index contributed by atoms with van der Waals surface area (Å²) in [6, 6.07) is 3.87. The van der Waals surface area contributed by atoms with Crippen molar-refractivity contribution < 1.29 is 9.90 Å². The molecule has 6 heteroatoms. The Kier molecular flexibility index (Phi) is 4.93. The van der Waals surface area contributed by atoms with Crippen LogP contribution in [-0.4, -0.2) is 22.0 Å². The van der Waals surface area contributed by atoms with Gasteiger partial charge >= 0.3 is 0 Å². The van der Waals surface area contributed by atoms with Crippen LogP contribution in [0.1, 0.15) is 24.2 Å². The summed E-state index contributed by atoms with van der Waals surface area (Å²) in [7, 11) is 0. The summed E-state index contributed by atoms with van der Waals surface area (Å²) in [4.78, 5) is 12.2. The lowest BCUT2D eigenvalue weighted by Gasteiger charge is -2.21. The summed E-state index contributed by atoms with van der Waals surface area (Å²) in [6.07, 6.45) is 0. The number of benzene rings is 1. The van der Waals surface area contributed by atoms with Gasteiger partial charge in [-0.25, -0.2) is 0 Å². The molecule has 1 aromatic carbocycles. The van der Waals surface area contributed by atoms with E-state index in [1.165, 1.54) is 18.2 Å². The SMILES string of the molecule is CC(C)C(NC(=O)c1ccc(Cl)cc1O)C(N)=S. The Morgan fingerprint density at radius 3 is 2.56 bits per heavy atom. The van der Waals surface area contributed by atoms with Crippen LogP contribution in [-0.2, 0) is 0 Å². The molecule has 1 aromatic rings. The van der Waals surface area contributed by atoms with Crippen molar-refractivity contribution in [1.29, 1.82) is 0 Å². The number of halogens is 1. The Balaban J connectivity index is 2.91. The first kappa shape index (κ1) is 14.7. The van der Waals surface area contributed by atoms with E-state index in [2.05, 4.69) is 5.32 Å². The van der Waals surface area contributed by atoms with Crippen molar-refractivity contribution in [2.75, 3.05) is 0 Å². The normalized spacial score (nSPS) is 12.2. The third-order valence-electron chi connectivity index (χ3n) is 2.46. The Hall–Kier alpha value is -1.33. The van der Waals surface area contributed by atoms with Gasteiger partial charge in [0, 0.05) is 5.02 Å². The van der Waals surface area contributed by atoms with Crippen LogP contribution in [0.2, 0.25) is 5.02 Å². The number of carbonyl (C=O) groups is 1. The fourth-order valence-electron chi connectivity index (χ4n) is 1.48. The number of nitrogens with two attached hydrogens (primary N) is 1. The average Bonchev–Trinajstić information content (AvgIpc) is 2.24. The molecule has 1 unspecified atom stereocenters. The maximum atomic E-state index is 12.0. The summed E-state index contributed by atoms with van der Waals surface area (Å²) in [5.74, 6) is -0.540. The van der Waals surface area contributed by atoms with Crippen LogP contribution in [0.25, 0.3) is 0 Å². The van der Waals surface area contributed by atoms with Gasteiger partial charge in [0.25, 0.3) is 5.91 Å². The van der Waals surface area contributed by atoms with Crippen molar-refractivity contribution in [3.63, 3.8) is 0 Å². The van der Waals surface area contributed by atoms with Crippen molar-refractivity contribution in [3.8, 4) is 5.75 Å². The third kappa shape index (κ3) is 3.58. The number of aromatic hydroxyl groups is 1. The van der Waals surface area contributed by atoms with Crippen LogP contribution >= 0.6 is 23.8 Å². The second kappa shape index (κ2) is 6.02. The Morgan fingerprint density at radius 2 is 2.11 bits per heavy atom. The zero-order chi connectivity index (χ0) is 13.9. The number of nitrogens with one attached hydrogen (secondary N) is 1. The lowest BCUT2D eigenvalue weighted by atomic mass is 10.0. The van der Waals surface area contributed by atoms with Crippen LogP contribution in [0.4, 0.5) is 0 Å². The topological polar surface area (TPSA) is 75.3 Å². The van der Waals surface area contributed by atoms with Crippen molar-refractivity contribution in [2.24, 2.45) is 11.7 Å². The van der Waals surface area contributed by atoms with Gasteiger partial charge in [0.1, 0.15) is 5.75 Å². The van der Waals surface area contributed by atoms with E-state index >= 15 is 0 Å². The molecule has 0 fully saturated rings. The maximum Gasteiger partial charge on any atom is 0.255 e. The summed E-state index contributed by atoms with van der Waals surface area (Å²) < 4.78 is 0. The molecule has 0 aliphatic carbocycles. The molecule has 1 amide bonds. The van der Waals surface area contributed by atoms with Crippen LogP contribution in [0.15, 0.2) is 18.2 Å². The number of hydrogen-bond donors (Lipinski definition) is 3. The zero-order valence-corrected chi connectivity index (χ0v) is 11.7. The zero-order valence-electron chi connectivity index (χ0n) is 10.1. The van der Waals surface area contributed by atoms with Crippen molar-refractivity contribution in [2.45, 2.75) is 19.9 Å². The van der Waals surface area contributed by atoms with E-state index < -0.39 is 11.9 Å². The number of amides is 1. The second-order valence-corrected chi connectivity index (χ2v) is 5.17. The van der Waals surface area contributed by atoms with Crippen LogP contribution < -0.4 is 11.1 Å². The number of hydrogen-bond acceptors (Lipinski definition) is 3. The van der Waals surface area contributed by atoms with E-state index in [1.54, 1.807) is 0 Å². The van der Waals surface area contributed by atoms with Gasteiger partial charge in [-0.1, -0.05) is 37.7 Å². The highest BCUT2D eigenvalue weighted by Crippen LogP contribution is 2.22. The summed E-state index contributed by atoms with van der Waals surface area (Å²) in [5.41, 5.74) is 5.70. The average molecular weight is 287 g/mol. The van der Waals surface area contributed by atoms with Crippen molar-refractivity contribution >= 4 is 34.7 Å². The molecule has 0 bridgehead atoms. The number of phenols is 1. The highest BCUT2D eigenvalue weighted by Gasteiger charge is 2.21. The highest BCUT2D eigenvalue weighted by molar-refractivity contribution is 7.80. The molecule has 0 aliphatic heterocycles. The molecule has 0 aliphatic rings. The predicted molar refractivity (Wildman–Crippen MR) is 76.0 cm³/mol. The summed E-state index contributed by atoms with van der Waals surface area (Å²) >= 11 is 10.6. The molecule has 0 spiro atoms. The van der Waals surface area contributed by atoms with Crippen LogP contribution in [0, 0.1) is 5.92 Å². The molecule has 4 nitrogen and oxygen atoms in total. The number of carbonyl (C=O) groups excluding carboxylic acids is 1. The first-order chi connectivity index (χ1) is 8.32. The minimum Gasteiger partial charge on any atom is -0.507 e. The lowest BCUT2D eigenvalue weighted by molar-refractivity contribution is 0.0937. The molecular formula is C12H15ClN2O2S. The van der Waals surface area contributed by atoms with E-state index in [4.69, 9.17) is 29.6 Å². The first-order valence-electron chi connectivity index (χ1n) is 5.41. The highest BCUT2D eigenvalue weighted by atomic mass is 35.5. The van der Waals surface area contributed by atoms with Gasteiger partial charge in [0.2, 0.25) is 0 Å². The first-order valence-corrected chi connectivity index (χ1v) is 6.20. The smallest absolute Gasteiger partial charge is 0.255 e. The van der Waals surface area contributed by atoms with E-state index in [0.29, 0.717) is 5.02 Å². The minimum absolute atomic E-state index is 0.0703. The molecule has 1 atom stereocenters. The van der Waals surface area contributed by atoms with Gasteiger partial charge in [0.15, 0.2) is 0 Å². The Morgan fingerprint density at radius 1 is 1.50 bits per heavy atom. The Bertz CT molecular complexity index is 477. The van der Waals surface area contributed by atoms with E-state index in [-0.39, 0.29) is 22.2 Å². The Labute approximate surface area is 116 Å². The number of rotatable bonds is 4. The minimum atomic E-state index is -0.435. The molecule has 0 radical (unpaired) electrons. The molecule has 0 aromatic heterocycles. The van der Waals surface area contributed by atoms with Crippen LogP contribution in [0.5, 0.6) is 5.75 Å². The molecule has 98 valence electrons. The molecule has 0 saturated heterocycles. The van der Waals surface area contributed by atoms with Gasteiger partial charge < -0.3 is 16.2 Å². The number of thiocarbonyl (C=S) groups is 1. The molecule has 1 rings (SSSR count). The molecular weight excluding hydrogens is 272 g/mol. The molecule has 0 heterocycles. The van der Waals surface area contributed by atoms with Gasteiger partial charge in [-0.2, -0.15) is 0 Å². The molecule has 4 N–H and O–H groups in total. The monoisotopic (exact) mass is 286 g/mol. The van der Waals surface area contributed by atoms with E-state index in [1.807, 2.05) is 13.8 Å². The fraction of sp³-hybridized carbons (Fsp3) is 0.333. The number of phenolic OH excluding ortho intramolecular Hbond substituents is 1. The van der Waals surface area contributed by atoms with Crippen molar-refractivity contribution in [1.82, 2.24) is 5.32 Å². The van der Waals surface area contributed by atoms with Gasteiger partial charge in [0.05, 0.1) is 16.6 Å². The summed E-state index contributed by atoms with van der Waals surface area (Å²) in [6.45, 7) is 3.79. The van der Waals surface area contributed by atoms with E-state index in [9.17, 15) is 9.90 Å². The largest absolute Gasteiger partial charge is 0.507 e. The van der Waals surface area contributed by atoms with E-state index in [0.717, 1.165) is 0 Å². The molecule has 0 saturated carbocycles. The quantitative estimate of drug-likeness (QED) is 0.741. The van der Waals surface area contributed by atoms with Gasteiger partial charge in [-0.05, 0) is 24.1 Å². The summed E-state index contributed by atoms with van der Waals surface area (Å²) in [5, 5.41) is 12.7. The predicted octanol–water partition coefficient (Wildman–Crippen LogP) is 2.09. The standard InChI is InChI=1S/C12H15ClN2O2S/c1-6(2)10(11(14)18)15-12(17)8-4-3-7(13)5-9(8)16/h3-6,10,16H,1-2H3,(H2,14,18)(H,15,17). The van der Waals surface area contributed by atoms with Crippen LogP contribution in [0.3, 0.4) is 0 Å². The lowest BCUT2D eigenvalue weighted by Crippen LogP contribution is -2.46. The molecule has 18 heavy (non-hydrogen) atoms. The second-order valence-electron chi connectivity index (χ2n) is 4.26. The maximum absolute atomic E-state index is 12.0.